The first-order valence-electron chi connectivity index (χ1n) is 10.0. The zero-order valence-electron chi connectivity index (χ0n) is 17.7. The van der Waals surface area contributed by atoms with Crippen molar-refractivity contribution in [1.82, 2.24) is 10.1 Å². The molecule has 1 unspecified atom stereocenters. The summed E-state index contributed by atoms with van der Waals surface area (Å²) in [6, 6.07) is 4.87. The molecule has 0 aliphatic rings. The Kier molecular flexibility index (Phi) is 6.02. The molecule has 0 aliphatic carbocycles. The van der Waals surface area contributed by atoms with Crippen LogP contribution in [-0.4, -0.2) is 35.7 Å². The van der Waals surface area contributed by atoms with Gasteiger partial charge in [-0.05, 0) is 25.1 Å². The summed E-state index contributed by atoms with van der Waals surface area (Å²) in [5.41, 5.74) is -0.259. The smallest absolute Gasteiger partial charge is 0.344 e. The van der Waals surface area contributed by atoms with E-state index in [4.69, 9.17) is 4.52 Å². The van der Waals surface area contributed by atoms with Gasteiger partial charge in [0, 0.05) is 29.1 Å². The lowest BCUT2D eigenvalue weighted by atomic mass is 9.92. The molecule has 2 aromatic carbocycles. The van der Waals surface area contributed by atoms with E-state index in [9.17, 15) is 34.3 Å². The zero-order chi connectivity index (χ0) is 24.7. The van der Waals surface area contributed by atoms with E-state index in [0.717, 1.165) is 23.8 Å². The minimum atomic E-state index is -4.11. The van der Waals surface area contributed by atoms with E-state index in [0.29, 0.717) is 11.1 Å². The van der Waals surface area contributed by atoms with E-state index in [1.54, 1.807) is 24.3 Å². The lowest BCUT2D eigenvalue weighted by Crippen LogP contribution is -2.27. The third-order valence-corrected chi connectivity index (χ3v) is 5.29. The summed E-state index contributed by atoms with van der Waals surface area (Å²) in [7, 11) is 0. The van der Waals surface area contributed by atoms with Crippen LogP contribution in [0.25, 0.3) is 22.6 Å². The molecule has 0 spiro atoms. The molecule has 176 valence electrons. The van der Waals surface area contributed by atoms with Gasteiger partial charge in [-0.25, -0.2) is 0 Å². The molecule has 2 aromatic heterocycles. The fraction of sp³-hybridized carbons (Fsp3) is 0.167. The normalized spacial score (nSPS) is 13.2. The molecule has 2 heterocycles. The molecule has 0 fully saturated rings. The number of benzene rings is 2. The Morgan fingerprint density at radius 3 is 2.12 bits per heavy atom. The van der Waals surface area contributed by atoms with Gasteiger partial charge in [-0.1, -0.05) is 47.1 Å². The van der Waals surface area contributed by atoms with Crippen LogP contribution in [0, 0.1) is 6.92 Å². The first-order valence-corrected chi connectivity index (χ1v) is 10.0. The average molecular weight is 470 g/mol. The maximum absolute atomic E-state index is 14.1. The number of hydrogen-bond acceptors (Lipinski definition) is 8. The van der Waals surface area contributed by atoms with E-state index < -0.39 is 29.3 Å². The topological polar surface area (TPSA) is 140 Å². The van der Waals surface area contributed by atoms with Crippen LogP contribution < -0.4 is 0 Å². The van der Waals surface area contributed by atoms with Gasteiger partial charge < -0.3 is 30.1 Å². The Labute approximate surface area is 192 Å². The van der Waals surface area contributed by atoms with Crippen molar-refractivity contribution in [2.24, 2.45) is 0 Å². The molecule has 4 rings (SSSR count). The molecule has 0 bridgehead atoms. The van der Waals surface area contributed by atoms with Crippen LogP contribution in [0.2, 0.25) is 0 Å². The van der Waals surface area contributed by atoms with Crippen molar-refractivity contribution in [1.29, 1.82) is 0 Å². The molecule has 5 N–H and O–H groups in total. The number of aliphatic hydroxyl groups is 5. The summed E-state index contributed by atoms with van der Waals surface area (Å²) in [4.78, 5) is 3.99. The minimum absolute atomic E-state index is 0.0202. The van der Waals surface area contributed by atoms with Crippen molar-refractivity contribution in [3.05, 3.63) is 94.8 Å². The molecular weight excluding hydrogens is 450 g/mol. The lowest BCUT2D eigenvalue weighted by molar-refractivity contribution is -0.290. The van der Waals surface area contributed by atoms with Gasteiger partial charge in [0.15, 0.2) is 5.76 Å². The number of alkyl halides is 2. The number of aryl methyl sites for hydroxylation is 1. The van der Waals surface area contributed by atoms with Crippen molar-refractivity contribution < 1.29 is 38.8 Å². The highest BCUT2D eigenvalue weighted by Gasteiger charge is 2.38. The molecule has 4 aromatic rings. The molecule has 0 aliphatic heterocycles. The summed E-state index contributed by atoms with van der Waals surface area (Å²) in [6.45, 7) is 1.89. The van der Waals surface area contributed by atoms with E-state index >= 15 is 0 Å². The maximum Gasteiger partial charge on any atom is 0.344 e. The van der Waals surface area contributed by atoms with E-state index in [1.807, 2.05) is 19.1 Å². The second-order valence-electron chi connectivity index (χ2n) is 7.76. The van der Waals surface area contributed by atoms with Gasteiger partial charge in [-0.2, -0.15) is 8.78 Å². The summed E-state index contributed by atoms with van der Waals surface area (Å²) in [5, 5.41) is 52.7. The van der Waals surface area contributed by atoms with Gasteiger partial charge in [0.05, 0.1) is 16.7 Å². The number of rotatable bonds is 6. The van der Waals surface area contributed by atoms with Crippen molar-refractivity contribution >= 4 is 0 Å². The van der Waals surface area contributed by atoms with Crippen LogP contribution in [-0.2, 0) is 12.1 Å². The van der Waals surface area contributed by atoms with Crippen LogP contribution in [0.5, 0.6) is 0 Å². The van der Waals surface area contributed by atoms with Crippen LogP contribution in [0.15, 0.2) is 71.5 Å². The van der Waals surface area contributed by atoms with E-state index in [-0.39, 0.29) is 22.6 Å². The molecule has 8 nitrogen and oxygen atoms in total. The van der Waals surface area contributed by atoms with Gasteiger partial charge in [0.25, 0.3) is 0 Å². The Morgan fingerprint density at radius 1 is 0.882 bits per heavy atom. The SMILES string of the molecule is Cc1ccc(-c2onc(-c3ccc(C(O)(O)F)c(C(O)(O)F)c3)c2C(O)c2cccnc2)cc1. The van der Waals surface area contributed by atoms with E-state index in [1.165, 1.54) is 12.4 Å². The monoisotopic (exact) mass is 470 g/mol. The average Bonchev–Trinajstić information content (AvgIpc) is 3.23. The fourth-order valence-corrected chi connectivity index (χ4v) is 3.61. The molecule has 10 heteroatoms. The summed E-state index contributed by atoms with van der Waals surface area (Å²) >= 11 is 0. The standard InChI is InChI=1S/C24H20F2N2O6/c1-13-4-6-14(7-5-13)22-19(21(29)16-3-2-10-27-12-16)20(28-34-22)15-8-9-17(23(25,30)31)18(11-15)24(26,32)33/h2-12,21,29-33H,1H3. The summed E-state index contributed by atoms with van der Waals surface area (Å²) in [5.74, 6) is 0.181. The van der Waals surface area contributed by atoms with Crippen LogP contribution in [0.4, 0.5) is 8.78 Å². The third-order valence-electron chi connectivity index (χ3n) is 5.29. The highest BCUT2D eigenvalue weighted by molar-refractivity contribution is 5.75. The van der Waals surface area contributed by atoms with Crippen LogP contribution in [0.3, 0.4) is 0 Å². The van der Waals surface area contributed by atoms with Gasteiger partial charge in [0.2, 0.25) is 0 Å². The molecule has 0 radical (unpaired) electrons. The predicted molar refractivity (Wildman–Crippen MR) is 115 cm³/mol. The van der Waals surface area contributed by atoms with Gasteiger partial charge in [-0.15, -0.1) is 0 Å². The van der Waals surface area contributed by atoms with Gasteiger partial charge in [-0.3, -0.25) is 4.98 Å². The first-order chi connectivity index (χ1) is 16.0. The van der Waals surface area contributed by atoms with Crippen molar-refractivity contribution in [3.8, 4) is 22.6 Å². The Hall–Kier alpha value is -3.54. The quantitative estimate of drug-likeness (QED) is 0.271. The third kappa shape index (κ3) is 4.58. The number of halogens is 2. The molecule has 1 atom stereocenters. The summed E-state index contributed by atoms with van der Waals surface area (Å²) < 4.78 is 33.4. The number of pyridine rings is 1. The number of aromatic nitrogens is 2. The number of nitrogens with zero attached hydrogens (tertiary/aromatic N) is 2. The van der Waals surface area contributed by atoms with Crippen molar-refractivity contribution in [2.75, 3.05) is 0 Å². The maximum atomic E-state index is 14.1. The number of aliphatic hydroxyl groups excluding tert-OH is 1. The highest BCUT2D eigenvalue weighted by atomic mass is 19.2. The zero-order valence-corrected chi connectivity index (χ0v) is 17.7. The van der Waals surface area contributed by atoms with Crippen LogP contribution >= 0.6 is 0 Å². The molecule has 0 saturated carbocycles. The largest absolute Gasteiger partial charge is 0.383 e. The Morgan fingerprint density at radius 2 is 1.53 bits per heavy atom. The predicted octanol–water partition coefficient (Wildman–Crippen LogP) is 2.92. The second-order valence-corrected chi connectivity index (χ2v) is 7.76. The molecule has 34 heavy (non-hydrogen) atoms. The van der Waals surface area contributed by atoms with E-state index in [2.05, 4.69) is 10.1 Å². The molecule has 0 saturated heterocycles. The summed E-state index contributed by atoms with van der Waals surface area (Å²) in [6.07, 6.45) is 1.63. The Balaban J connectivity index is 1.95. The van der Waals surface area contributed by atoms with Crippen molar-refractivity contribution in [2.45, 2.75) is 25.1 Å². The first kappa shape index (κ1) is 23.6. The highest BCUT2D eigenvalue weighted by Crippen LogP contribution is 2.41. The lowest BCUT2D eigenvalue weighted by Gasteiger charge is -2.21. The Bertz CT molecular complexity index is 1300. The molecular formula is C24H20F2N2O6. The number of hydrogen-bond donors (Lipinski definition) is 5. The van der Waals surface area contributed by atoms with Gasteiger partial charge in [0.1, 0.15) is 11.8 Å². The molecule has 0 amide bonds. The van der Waals surface area contributed by atoms with Gasteiger partial charge >= 0.3 is 12.1 Å². The second kappa shape index (κ2) is 8.67. The minimum Gasteiger partial charge on any atom is -0.383 e. The fourth-order valence-electron chi connectivity index (χ4n) is 3.61. The van der Waals surface area contributed by atoms with Crippen molar-refractivity contribution in [3.63, 3.8) is 0 Å². The van der Waals surface area contributed by atoms with Crippen LogP contribution in [0.1, 0.15) is 33.9 Å².